The third kappa shape index (κ3) is 3.98. The van der Waals surface area contributed by atoms with E-state index in [9.17, 15) is 8.42 Å². The van der Waals surface area contributed by atoms with E-state index in [1.54, 1.807) is 24.3 Å². The normalized spacial score (nSPS) is 11.3. The molecule has 0 aromatic heterocycles. The van der Waals surface area contributed by atoms with E-state index in [2.05, 4.69) is 0 Å². The van der Waals surface area contributed by atoms with Crippen LogP contribution >= 0.6 is 10.7 Å². The van der Waals surface area contributed by atoms with Crippen LogP contribution in [0, 0.1) is 0 Å². The van der Waals surface area contributed by atoms with Gasteiger partial charge in [-0.05, 0) is 24.6 Å². The highest BCUT2D eigenvalue weighted by molar-refractivity contribution is 8.13. The molecule has 0 heterocycles. The Morgan fingerprint density at radius 3 is 2.71 bits per heavy atom. The summed E-state index contributed by atoms with van der Waals surface area (Å²) >= 11 is 0. The van der Waals surface area contributed by atoms with Crippen molar-refractivity contribution in [2.75, 3.05) is 6.61 Å². The quantitative estimate of drug-likeness (QED) is 0.750. The molecule has 3 nitrogen and oxygen atoms in total. The molecule has 0 atom stereocenters. The van der Waals surface area contributed by atoms with Crippen molar-refractivity contribution in [3.63, 3.8) is 0 Å². The van der Waals surface area contributed by atoms with Gasteiger partial charge in [0.2, 0.25) is 9.05 Å². The molecule has 0 radical (unpaired) electrons. The molecule has 0 N–H and O–H groups in total. The van der Waals surface area contributed by atoms with Gasteiger partial charge in [0.05, 0.1) is 12.4 Å². The second-order valence-corrected chi connectivity index (χ2v) is 5.54. The van der Waals surface area contributed by atoms with Gasteiger partial charge in [-0.25, -0.2) is 8.42 Å². The number of hydrogen-bond acceptors (Lipinski definition) is 3. The number of rotatable bonds is 4. The molecule has 0 aliphatic carbocycles. The third-order valence-electron chi connectivity index (χ3n) is 1.55. The summed E-state index contributed by atoms with van der Waals surface area (Å²) in [4.78, 5) is 0. The monoisotopic (exact) mass is 234 g/mol. The topological polar surface area (TPSA) is 43.4 Å². The van der Waals surface area contributed by atoms with Gasteiger partial charge in [-0.15, -0.1) is 0 Å². The summed E-state index contributed by atoms with van der Waals surface area (Å²) in [7, 11) is 1.64. The summed E-state index contributed by atoms with van der Waals surface area (Å²) in [6, 6.07) is 6.88. The predicted octanol–water partition coefficient (Wildman–Crippen LogP) is 2.15. The average Bonchev–Trinajstić information content (AvgIpc) is 2.02. The van der Waals surface area contributed by atoms with E-state index in [0.29, 0.717) is 17.9 Å². The van der Waals surface area contributed by atoms with Crippen LogP contribution in [0.15, 0.2) is 24.3 Å². The second-order valence-electron chi connectivity index (χ2n) is 2.76. The zero-order chi connectivity index (χ0) is 10.6. The molecule has 0 aliphatic heterocycles. The van der Waals surface area contributed by atoms with Crippen LogP contribution in [-0.2, 0) is 14.8 Å². The Labute approximate surface area is 88.1 Å². The van der Waals surface area contributed by atoms with Crippen molar-refractivity contribution in [1.82, 2.24) is 0 Å². The maximum atomic E-state index is 10.8. The van der Waals surface area contributed by atoms with E-state index >= 15 is 0 Å². The first-order valence-electron chi connectivity index (χ1n) is 4.15. The number of hydrogen-bond donors (Lipinski definition) is 0. The van der Waals surface area contributed by atoms with Crippen molar-refractivity contribution in [3.05, 3.63) is 29.8 Å². The molecule has 0 fully saturated rings. The van der Waals surface area contributed by atoms with E-state index in [4.69, 9.17) is 15.4 Å². The number of ether oxygens (including phenoxy) is 1. The van der Waals surface area contributed by atoms with Gasteiger partial charge >= 0.3 is 0 Å². The molecule has 0 unspecified atom stereocenters. The molecule has 5 heteroatoms. The van der Waals surface area contributed by atoms with Gasteiger partial charge in [0, 0.05) is 10.7 Å². The van der Waals surface area contributed by atoms with Crippen molar-refractivity contribution in [2.24, 2.45) is 0 Å². The Morgan fingerprint density at radius 1 is 1.43 bits per heavy atom. The molecular weight excluding hydrogens is 224 g/mol. The van der Waals surface area contributed by atoms with E-state index in [-0.39, 0.29) is 5.75 Å². The van der Waals surface area contributed by atoms with Crippen LogP contribution in [0.5, 0.6) is 5.75 Å². The van der Waals surface area contributed by atoms with Crippen LogP contribution < -0.4 is 4.74 Å². The summed E-state index contributed by atoms with van der Waals surface area (Å²) in [5, 5.41) is 0. The summed E-state index contributed by atoms with van der Waals surface area (Å²) in [5.41, 5.74) is 0.631. The lowest BCUT2D eigenvalue weighted by molar-refractivity contribution is 0.340. The minimum Gasteiger partial charge on any atom is -0.494 e. The summed E-state index contributed by atoms with van der Waals surface area (Å²) in [5.74, 6) is 0.487. The minimum atomic E-state index is -3.49. The molecule has 1 aromatic rings. The Hall–Kier alpha value is -0.740. The molecule has 0 saturated carbocycles. The molecule has 0 bridgehead atoms. The predicted molar refractivity (Wildman–Crippen MR) is 56.1 cm³/mol. The lowest BCUT2D eigenvalue weighted by atomic mass is 10.2. The fourth-order valence-electron chi connectivity index (χ4n) is 1.09. The van der Waals surface area contributed by atoms with Gasteiger partial charge in [0.1, 0.15) is 5.75 Å². The summed E-state index contributed by atoms with van der Waals surface area (Å²) < 4.78 is 26.8. The Bertz CT molecular complexity index is 400. The maximum absolute atomic E-state index is 10.8. The van der Waals surface area contributed by atoms with Crippen LogP contribution in [-0.4, -0.2) is 15.0 Å². The Balaban J connectivity index is 2.83. The van der Waals surface area contributed by atoms with Crippen LogP contribution in [0.25, 0.3) is 0 Å². The molecule has 0 aliphatic rings. The van der Waals surface area contributed by atoms with E-state index in [0.717, 1.165) is 0 Å². The van der Waals surface area contributed by atoms with Crippen molar-refractivity contribution >= 4 is 19.7 Å². The zero-order valence-electron chi connectivity index (χ0n) is 7.73. The fourth-order valence-corrected chi connectivity index (χ4v) is 2.05. The van der Waals surface area contributed by atoms with Gasteiger partial charge in [-0.2, -0.15) is 0 Å². The van der Waals surface area contributed by atoms with Crippen molar-refractivity contribution < 1.29 is 13.2 Å². The third-order valence-corrected chi connectivity index (χ3v) is 2.55. The highest BCUT2D eigenvalue weighted by Gasteiger charge is 2.07. The lowest BCUT2D eigenvalue weighted by Gasteiger charge is -2.04. The van der Waals surface area contributed by atoms with Crippen molar-refractivity contribution in [3.8, 4) is 5.75 Å². The maximum Gasteiger partial charge on any atom is 0.236 e. The van der Waals surface area contributed by atoms with Crippen LogP contribution in [0.1, 0.15) is 12.5 Å². The van der Waals surface area contributed by atoms with Gasteiger partial charge in [-0.1, -0.05) is 12.1 Å². The van der Waals surface area contributed by atoms with Crippen molar-refractivity contribution in [2.45, 2.75) is 12.7 Å². The SMILES string of the molecule is CCOc1cccc(CS(=O)(=O)Cl)c1. The summed E-state index contributed by atoms with van der Waals surface area (Å²) in [6.07, 6.45) is 0. The van der Waals surface area contributed by atoms with E-state index in [1.807, 2.05) is 6.92 Å². The van der Waals surface area contributed by atoms with Crippen LogP contribution in [0.2, 0.25) is 0 Å². The smallest absolute Gasteiger partial charge is 0.236 e. The van der Waals surface area contributed by atoms with E-state index < -0.39 is 9.05 Å². The zero-order valence-corrected chi connectivity index (χ0v) is 9.31. The second kappa shape index (κ2) is 4.66. The van der Waals surface area contributed by atoms with Gasteiger partial charge in [0.15, 0.2) is 0 Å². The van der Waals surface area contributed by atoms with Crippen molar-refractivity contribution in [1.29, 1.82) is 0 Å². The molecule has 14 heavy (non-hydrogen) atoms. The first-order valence-corrected chi connectivity index (χ1v) is 6.63. The largest absolute Gasteiger partial charge is 0.494 e. The molecule has 0 amide bonds. The summed E-state index contributed by atoms with van der Waals surface area (Å²) in [6.45, 7) is 2.42. The average molecular weight is 235 g/mol. The molecule has 1 rings (SSSR count). The highest BCUT2D eigenvalue weighted by Crippen LogP contribution is 2.16. The fraction of sp³-hybridized carbons (Fsp3) is 0.333. The molecule has 78 valence electrons. The first kappa shape index (κ1) is 11.3. The molecular formula is C9H11ClO3S. The highest BCUT2D eigenvalue weighted by atomic mass is 35.7. The Morgan fingerprint density at radius 2 is 2.14 bits per heavy atom. The standard InChI is InChI=1S/C9H11ClO3S/c1-2-13-9-5-3-4-8(6-9)7-14(10,11)12/h3-6H,2,7H2,1H3. The van der Waals surface area contributed by atoms with Gasteiger partial charge < -0.3 is 4.74 Å². The molecule has 1 aromatic carbocycles. The number of benzene rings is 1. The Kier molecular flexibility index (Phi) is 3.77. The van der Waals surface area contributed by atoms with E-state index in [1.165, 1.54) is 0 Å². The van der Waals surface area contributed by atoms with Crippen LogP contribution in [0.3, 0.4) is 0 Å². The van der Waals surface area contributed by atoms with Gasteiger partial charge in [0.25, 0.3) is 0 Å². The molecule has 0 spiro atoms. The van der Waals surface area contributed by atoms with Crippen LogP contribution in [0.4, 0.5) is 0 Å². The first-order chi connectivity index (χ1) is 6.51. The lowest BCUT2D eigenvalue weighted by Crippen LogP contribution is -1.96. The molecule has 0 saturated heterocycles. The van der Waals surface area contributed by atoms with Gasteiger partial charge in [-0.3, -0.25) is 0 Å². The number of halogens is 1. The minimum absolute atomic E-state index is 0.171.